The highest BCUT2D eigenvalue weighted by Crippen LogP contribution is 2.21. The summed E-state index contributed by atoms with van der Waals surface area (Å²) < 4.78 is 30.9. The Kier molecular flexibility index (Phi) is 3.81. The lowest BCUT2D eigenvalue weighted by Gasteiger charge is -2.38. The second-order valence-corrected chi connectivity index (χ2v) is 5.35. The topological polar surface area (TPSA) is 75.4 Å². The van der Waals surface area contributed by atoms with Crippen molar-refractivity contribution in [3.63, 3.8) is 0 Å². The summed E-state index contributed by atoms with van der Waals surface area (Å²) in [6, 6.07) is 4.55. The summed E-state index contributed by atoms with van der Waals surface area (Å²) in [6.45, 7) is 2.12. The van der Waals surface area contributed by atoms with Gasteiger partial charge in [0.25, 0.3) is 5.91 Å². The molecular weight excluding hydrogens is 308 g/mol. The third-order valence-corrected chi connectivity index (χ3v) is 3.59. The minimum Gasteiger partial charge on any atom is -0.360 e. The summed E-state index contributed by atoms with van der Waals surface area (Å²) in [5, 5.41) is 6.24. The van der Waals surface area contributed by atoms with Gasteiger partial charge in [-0.2, -0.15) is 0 Å². The number of amides is 2. The van der Waals surface area contributed by atoms with E-state index in [1.165, 1.54) is 11.0 Å². The number of hydrogen-bond acceptors (Lipinski definition) is 4. The fraction of sp³-hybridized carbons (Fsp3) is 0.267. The summed E-state index contributed by atoms with van der Waals surface area (Å²) in [5.41, 5.74) is 0.0508. The Balaban J connectivity index is 1.56. The molecule has 120 valence electrons. The first-order valence-corrected chi connectivity index (χ1v) is 6.92. The summed E-state index contributed by atoms with van der Waals surface area (Å²) in [7, 11) is 0. The zero-order valence-electron chi connectivity index (χ0n) is 12.2. The van der Waals surface area contributed by atoms with E-state index in [9.17, 15) is 18.4 Å². The Bertz CT molecular complexity index is 769. The molecule has 2 heterocycles. The number of hydrogen-bond donors (Lipinski definition) is 1. The molecule has 0 saturated carbocycles. The molecule has 1 fully saturated rings. The number of halogens is 2. The standard InChI is InChI=1S/C15H13F2N3O3/c1-8-4-13(19-23-8)18-14(21)10-6-20(7-10)15(22)9-2-3-11(16)12(17)5-9/h2-5,10H,6-7H2,1H3,(H,18,19,21). The minimum atomic E-state index is -1.08. The molecule has 1 N–H and O–H groups in total. The first kappa shape index (κ1) is 15.1. The van der Waals surface area contributed by atoms with Gasteiger partial charge in [-0.3, -0.25) is 9.59 Å². The largest absolute Gasteiger partial charge is 0.360 e. The molecule has 1 aliphatic heterocycles. The Morgan fingerprint density at radius 3 is 2.61 bits per heavy atom. The molecule has 23 heavy (non-hydrogen) atoms. The fourth-order valence-corrected chi connectivity index (χ4v) is 2.28. The minimum absolute atomic E-state index is 0.0508. The maximum Gasteiger partial charge on any atom is 0.254 e. The van der Waals surface area contributed by atoms with E-state index < -0.39 is 17.5 Å². The number of nitrogens with zero attached hydrogens (tertiary/aromatic N) is 2. The molecule has 0 atom stereocenters. The van der Waals surface area contributed by atoms with Gasteiger partial charge in [-0.05, 0) is 25.1 Å². The maximum absolute atomic E-state index is 13.1. The van der Waals surface area contributed by atoms with Gasteiger partial charge in [-0.25, -0.2) is 8.78 Å². The van der Waals surface area contributed by atoms with Crippen LogP contribution in [0.4, 0.5) is 14.6 Å². The quantitative estimate of drug-likeness (QED) is 0.938. The summed E-state index contributed by atoms with van der Waals surface area (Å²) in [4.78, 5) is 25.5. The predicted molar refractivity (Wildman–Crippen MR) is 75.6 cm³/mol. The van der Waals surface area contributed by atoms with Crippen LogP contribution in [0, 0.1) is 24.5 Å². The average Bonchev–Trinajstić information content (AvgIpc) is 2.85. The molecule has 0 spiro atoms. The lowest BCUT2D eigenvalue weighted by Crippen LogP contribution is -2.54. The number of aromatic nitrogens is 1. The van der Waals surface area contributed by atoms with Crippen molar-refractivity contribution in [3.05, 3.63) is 47.2 Å². The van der Waals surface area contributed by atoms with Gasteiger partial charge in [-0.15, -0.1) is 0 Å². The van der Waals surface area contributed by atoms with Gasteiger partial charge >= 0.3 is 0 Å². The van der Waals surface area contributed by atoms with Gasteiger partial charge in [0.15, 0.2) is 17.5 Å². The molecule has 1 saturated heterocycles. The third kappa shape index (κ3) is 3.05. The van der Waals surface area contributed by atoms with Gasteiger partial charge < -0.3 is 14.7 Å². The Hall–Kier alpha value is -2.77. The Morgan fingerprint density at radius 1 is 1.26 bits per heavy atom. The van der Waals surface area contributed by atoms with E-state index in [0.717, 1.165) is 12.1 Å². The van der Waals surface area contributed by atoms with E-state index in [-0.39, 0.29) is 30.5 Å². The van der Waals surface area contributed by atoms with Crippen LogP contribution in [0.5, 0.6) is 0 Å². The summed E-state index contributed by atoms with van der Waals surface area (Å²) in [5.74, 6) is -2.28. The number of carbonyl (C=O) groups excluding carboxylic acids is 2. The molecule has 0 unspecified atom stereocenters. The molecule has 2 amide bonds. The zero-order valence-corrected chi connectivity index (χ0v) is 12.2. The van der Waals surface area contributed by atoms with Crippen LogP contribution in [0.3, 0.4) is 0 Å². The smallest absolute Gasteiger partial charge is 0.254 e. The molecule has 3 rings (SSSR count). The van der Waals surface area contributed by atoms with E-state index >= 15 is 0 Å². The maximum atomic E-state index is 13.1. The SMILES string of the molecule is Cc1cc(NC(=O)C2CN(C(=O)c3ccc(F)c(F)c3)C2)no1. The van der Waals surface area contributed by atoms with Crippen molar-refractivity contribution in [3.8, 4) is 0 Å². The molecule has 0 bridgehead atoms. The van der Waals surface area contributed by atoms with Gasteiger partial charge in [0.1, 0.15) is 5.76 Å². The van der Waals surface area contributed by atoms with Crippen LogP contribution in [0.25, 0.3) is 0 Å². The van der Waals surface area contributed by atoms with E-state index in [2.05, 4.69) is 10.5 Å². The van der Waals surface area contributed by atoms with Crippen molar-refractivity contribution in [2.24, 2.45) is 5.92 Å². The van der Waals surface area contributed by atoms with E-state index in [0.29, 0.717) is 11.6 Å². The lowest BCUT2D eigenvalue weighted by molar-refractivity contribution is -0.123. The van der Waals surface area contributed by atoms with Crippen molar-refractivity contribution in [2.75, 3.05) is 18.4 Å². The van der Waals surface area contributed by atoms with Crippen LogP contribution in [-0.2, 0) is 4.79 Å². The van der Waals surface area contributed by atoms with Gasteiger partial charge in [0, 0.05) is 24.7 Å². The van der Waals surface area contributed by atoms with Gasteiger partial charge in [0.2, 0.25) is 5.91 Å². The van der Waals surface area contributed by atoms with Crippen LogP contribution in [0.15, 0.2) is 28.8 Å². The highest BCUT2D eigenvalue weighted by Gasteiger charge is 2.36. The molecule has 1 aromatic heterocycles. The van der Waals surface area contributed by atoms with E-state index in [4.69, 9.17) is 4.52 Å². The number of likely N-dealkylation sites (tertiary alicyclic amines) is 1. The van der Waals surface area contributed by atoms with Crippen LogP contribution in [-0.4, -0.2) is 35.0 Å². The monoisotopic (exact) mass is 321 g/mol. The Morgan fingerprint density at radius 2 is 2.00 bits per heavy atom. The highest BCUT2D eigenvalue weighted by molar-refractivity contribution is 5.98. The number of rotatable bonds is 3. The van der Waals surface area contributed by atoms with Gasteiger partial charge in [-0.1, -0.05) is 5.16 Å². The number of benzene rings is 1. The predicted octanol–water partition coefficient (Wildman–Crippen LogP) is 1.97. The molecule has 1 aromatic carbocycles. The first-order valence-electron chi connectivity index (χ1n) is 6.92. The van der Waals surface area contributed by atoms with Crippen LogP contribution in [0.2, 0.25) is 0 Å². The molecule has 2 aromatic rings. The Labute approximate surface area is 130 Å². The highest BCUT2D eigenvalue weighted by atomic mass is 19.2. The van der Waals surface area contributed by atoms with E-state index in [1.54, 1.807) is 13.0 Å². The molecular formula is C15H13F2N3O3. The number of anilines is 1. The molecule has 0 aliphatic carbocycles. The fourth-order valence-electron chi connectivity index (χ4n) is 2.28. The number of carbonyl (C=O) groups is 2. The molecule has 1 aliphatic rings. The first-order chi connectivity index (χ1) is 10.9. The summed E-state index contributed by atoms with van der Waals surface area (Å²) in [6.07, 6.45) is 0. The van der Waals surface area contributed by atoms with Crippen molar-refractivity contribution in [2.45, 2.75) is 6.92 Å². The van der Waals surface area contributed by atoms with Crippen molar-refractivity contribution in [1.82, 2.24) is 10.1 Å². The van der Waals surface area contributed by atoms with Crippen LogP contribution in [0.1, 0.15) is 16.1 Å². The zero-order chi connectivity index (χ0) is 16.6. The average molecular weight is 321 g/mol. The lowest BCUT2D eigenvalue weighted by atomic mass is 9.98. The molecule has 0 radical (unpaired) electrons. The molecule has 6 nitrogen and oxygen atoms in total. The van der Waals surface area contributed by atoms with Crippen molar-refractivity contribution >= 4 is 17.6 Å². The van der Waals surface area contributed by atoms with Crippen molar-refractivity contribution in [1.29, 1.82) is 0 Å². The van der Waals surface area contributed by atoms with Crippen molar-refractivity contribution < 1.29 is 22.9 Å². The van der Waals surface area contributed by atoms with Crippen LogP contribution < -0.4 is 5.32 Å². The number of nitrogens with one attached hydrogen (secondary N) is 1. The van der Waals surface area contributed by atoms with Crippen LogP contribution >= 0.6 is 0 Å². The second kappa shape index (κ2) is 5.79. The van der Waals surface area contributed by atoms with E-state index in [1.807, 2.05) is 0 Å². The molecule has 8 heteroatoms. The summed E-state index contributed by atoms with van der Waals surface area (Å²) >= 11 is 0. The number of aryl methyl sites for hydroxylation is 1. The third-order valence-electron chi connectivity index (χ3n) is 3.59. The van der Waals surface area contributed by atoms with Gasteiger partial charge in [0.05, 0.1) is 5.92 Å². The normalized spacial score (nSPS) is 14.5. The second-order valence-electron chi connectivity index (χ2n) is 5.35.